The van der Waals surface area contributed by atoms with Crippen molar-refractivity contribution in [2.24, 2.45) is 0 Å². The van der Waals surface area contributed by atoms with E-state index in [1.807, 2.05) is 45.0 Å². The first-order valence-corrected chi connectivity index (χ1v) is 10.1. The van der Waals surface area contributed by atoms with E-state index < -0.39 is 0 Å². The number of unbranched alkanes of at least 4 members (excludes halogenated alkanes) is 1. The molecule has 0 atom stereocenters. The van der Waals surface area contributed by atoms with Crippen molar-refractivity contribution < 1.29 is 13.9 Å². The van der Waals surface area contributed by atoms with Crippen LogP contribution in [-0.2, 0) is 11.2 Å². The van der Waals surface area contributed by atoms with Crippen molar-refractivity contribution >= 4 is 28.1 Å². The standard InChI is InChI=1S/C25H29NO3/c1-6-7-8-19-9-11-20(12-10-19)26-25(27)13-16(2)21-14-22-17(3)18(4)29-24(22)15-23(21)28-5/h9-15H,6-8H2,1-5H3,(H,26,27)/b16-13+. The summed E-state index contributed by atoms with van der Waals surface area (Å²) in [6.45, 7) is 8.09. The Morgan fingerprint density at radius 2 is 1.90 bits per heavy atom. The summed E-state index contributed by atoms with van der Waals surface area (Å²) in [5, 5.41) is 3.98. The molecule has 0 fully saturated rings. The van der Waals surface area contributed by atoms with Crippen LogP contribution >= 0.6 is 0 Å². The number of amides is 1. The maximum atomic E-state index is 12.5. The Hall–Kier alpha value is -3.01. The molecule has 0 unspecified atom stereocenters. The van der Waals surface area contributed by atoms with Gasteiger partial charge >= 0.3 is 0 Å². The molecule has 0 bridgehead atoms. The van der Waals surface area contributed by atoms with Gasteiger partial charge in [0.15, 0.2) is 0 Å². The van der Waals surface area contributed by atoms with Gasteiger partial charge in [0.05, 0.1) is 7.11 Å². The number of ether oxygens (including phenoxy) is 1. The smallest absolute Gasteiger partial charge is 0.248 e. The summed E-state index contributed by atoms with van der Waals surface area (Å²) < 4.78 is 11.3. The number of carbonyl (C=O) groups is 1. The predicted octanol–water partition coefficient (Wildman–Crippen LogP) is 6.44. The molecule has 0 saturated heterocycles. The van der Waals surface area contributed by atoms with Gasteiger partial charge in [-0.25, -0.2) is 0 Å². The Morgan fingerprint density at radius 1 is 1.17 bits per heavy atom. The Balaban J connectivity index is 1.81. The average Bonchev–Trinajstić information content (AvgIpc) is 2.99. The van der Waals surface area contributed by atoms with E-state index in [1.54, 1.807) is 13.2 Å². The van der Waals surface area contributed by atoms with Crippen LogP contribution in [0.4, 0.5) is 5.69 Å². The maximum absolute atomic E-state index is 12.5. The van der Waals surface area contributed by atoms with Crippen LogP contribution in [0.15, 0.2) is 46.9 Å². The summed E-state index contributed by atoms with van der Waals surface area (Å²) in [6.07, 6.45) is 5.03. The average molecular weight is 392 g/mol. The molecule has 4 heteroatoms. The molecule has 0 aliphatic heterocycles. The number of benzene rings is 2. The van der Waals surface area contributed by atoms with Crippen molar-refractivity contribution in [3.8, 4) is 5.75 Å². The van der Waals surface area contributed by atoms with Gasteiger partial charge in [-0.1, -0.05) is 25.5 Å². The molecular formula is C25H29NO3. The van der Waals surface area contributed by atoms with E-state index in [-0.39, 0.29) is 5.91 Å². The van der Waals surface area contributed by atoms with Gasteiger partial charge in [0, 0.05) is 28.8 Å². The van der Waals surface area contributed by atoms with Crippen LogP contribution in [0, 0.1) is 13.8 Å². The first-order chi connectivity index (χ1) is 13.9. The highest BCUT2D eigenvalue weighted by molar-refractivity contribution is 6.04. The van der Waals surface area contributed by atoms with E-state index >= 15 is 0 Å². The molecule has 4 nitrogen and oxygen atoms in total. The fourth-order valence-corrected chi connectivity index (χ4v) is 3.44. The highest BCUT2D eigenvalue weighted by atomic mass is 16.5. The predicted molar refractivity (Wildman–Crippen MR) is 120 cm³/mol. The summed E-state index contributed by atoms with van der Waals surface area (Å²) >= 11 is 0. The first kappa shape index (κ1) is 20.7. The molecule has 3 aromatic rings. The Kier molecular flexibility index (Phi) is 6.42. The van der Waals surface area contributed by atoms with E-state index in [9.17, 15) is 4.79 Å². The first-order valence-electron chi connectivity index (χ1n) is 10.1. The minimum absolute atomic E-state index is 0.161. The zero-order valence-electron chi connectivity index (χ0n) is 17.9. The second kappa shape index (κ2) is 8.99. The minimum Gasteiger partial charge on any atom is -0.496 e. The number of rotatable bonds is 7. The zero-order chi connectivity index (χ0) is 21.0. The quantitative estimate of drug-likeness (QED) is 0.471. The van der Waals surface area contributed by atoms with Gasteiger partial charge in [0.2, 0.25) is 5.91 Å². The third-order valence-corrected chi connectivity index (χ3v) is 5.31. The molecule has 1 aromatic heterocycles. The number of anilines is 1. The molecule has 2 aromatic carbocycles. The molecule has 1 N–H and O–H groups in total. The number of allylic oxidation sites excluding steroid dienone is 1. The van der Waals surface area contributed by atoms with Gasteiger partial charge in [0.1, 0.15) is 17.1 Å². The number of hydrogen-bond donors (Lipinski definition) is 1. The summed E-state index contributed by atoms with van der Waals surface area (Å²) in [7, 11) is 1.63. The lowest BCUT2D eigenvalue weighted by Crippen LogP contribution is -2.08. The molecule has 0 radical (unpaired) electrons. The van der Waals surface area contributed by atoms with Gasteiger partial charge < -0.3 is 14.5 Å². The van der Waals surface area contributed by atoms with E-state index in [0.717, 1.165) is 45.5 Å². The summed E-state index contributed by atoms with van der Waals surface area (Å²) in [6, 6.07) is 12.0. The SMILES string of the molecule is CCCCc1ccc(NC(=O)/C=C(\C)c2cc3c(C)c(C)oc3cc2OC)cc1. The summed E-state index contributed by atoms with van der Waals surface area (Å²) in [4.78, 5) is 12.5. The van der Waals surface area contributed by atoms with Crippen molar-refractivity contribution in [3.05, 3.63) is 64.9 Å². The van der Waals surface area contributed by atoms with E-state index in [2.05, 4.69) is 24.4 Å². The number of aryl methyl sites for hydroxylation is 3. The highest BCUT2D eigenvalue weighted by Crippen LogP contribution is 2.34. The van der Waals surface area contributed by atoms with Crippen LogP contribution in [0.1, 0.15) is 49.1 Å². The maximum Gasteiger partial charge on any atom is 0.248 e. The molecular weight excluding hydrogens is 362 g/mol. The number of methoxy groups -OCH3 is 1. The van der Waals surface area contributed by atoms with Gasteiger partial charge in [-0.15, -0.1) is 0 Å². The van der Waals surface area contributed by atoms with E-state index in [1.165, 1.54) is 18.4 Å². The molecule has 0 spiro atoms. The lowest BCUT2D eigenvalue weighted by atomic mass is 10.0. The Bertz CT molecular complexity index is 1040. The van der Waals surface area contributed by atoms with Crippen molar-refractivity contribution in [2.45, 2.75) is 47.0 Å². The largest absolute Gasteiger partial charge is 0.496 e. The number of hydrogen-bond acceptors (Lipinski definition) is 3. The highest BCUT2D eigenvalue weighted by Gasteiger charge is 2.14. The number of nitrogens with one attached hydrogen (secondary N) is 1. The number of fused-ring (bicyclic) bond motifs is 1. The molecule has 29 heavy (non-hydrogen) atoms. The minimum atomic E-state index is -0.161. The van der Waals surface area contributed by atoms with Crippen molar-refractivity contribution in [1.82, 2.24) is 0 Å². The van der Waals surface area contributed by atoms with Crippen LogP contribution in [0.25, 0.3) is 16.5 Å². The fourth-order valence-electron chi connectivity index (χ4n) is 3.44. The van der Waals surface area contributed by atoms with Crippen molar-refractivity contribution in [1.29, 1.82) is 0 Å². The zero-order valence-corrected chi connectivity index (χ0v) is 17.9. The lowest BCUT2D eigenvalue weighted by Gasteiger charge is -2.10. The van der Waals surface area contributed by atoms with Crippen molar-refractivity contribution in [3.63, 3.8) is 0 Å². The third-order valence-electron chi connectivity index (χ3n) is 5.31. The second-order valence-electron chi connectivity index (χ2n) is 7.45. The summed E-state index contributed by atoms with van der Waals surface area (Å²) in [5.41, 5.74) is 5.70. The topological polar surface area (TPSA) is 51.5 Å². The van der Waals surface area contributed by atoms with Crippen LogP contribution in [0.5, 0.6) is 5.75 Å². The van der Waals surface area contributed by atoms with E-state index in [0.29, 0.717) is 5.75 Å². The van der Waals surface area contributed by atoms with Crippen LogP contribution in [-0.4, -0.2) is 13.0 Å². The Labute approximate surface area is 172 Å². The molecule has 152 valence electrons. The molecule has 0 aliphatic carbocycles. The molecule has 0 saturated carbocycles. The lowest BCUT2D eigenvalue weighted by molar-refractivity contribution is -0.111. The third kappa shape index (κ3) is 4.70. The number of carbonyl (C=O) groups excluding carboxylic acids is 1. The molecule has 1 heterocycles. The van der Waals surface area contributed by atoms with Crippen LogP contribution < -0.4 is 10.1 Å². The molecule has 0 aliphatic rings. The summed E-state index contributed by atoms with van der Waals surface area (Å²) in [5.74, 6) is 1.42. The number of furan rings is 1. The Morgan fingerprint density at radius 3 is 2.55 bits per heavy atom. The van der Waals surface area contributed by atoms with Gasteiger partial charge in [-0.05, 0) is 68.5 Å². The van der Waals surface area contributed by atoms with Gasteiger partial charge in [-0.3, -0.25) is 4.79 Å². The van der Waals surface area contributed by atoms with E-state index in [4.69, 9.17) is 9.15 Å². The second-order valence-corrected chi connectivity index (χ2v) is 7.45. The molecule has 3 rings (SSSR count). The fraction of sp³-hybridized carbons (Fsp3) is 0.320. The van der Waals surface area contributed by atoms with Gasteiger partial charge in [-0.2, -0.15) is 0 Å². The molecule has 1 amide bonds. The monoisotopic (exact) mass is 391 g/mol. The van der Waals surface area contributed by atoms with Crippen molar-refractivity contribution in [2.75, 3.05) is 12.4 Å². The normalized spacial score (nSPS) is 11.7. The van der Waals surface area contributed by atoms with Crippen LogP contribution in [0.3, 0.4) is 0 Å². The van der Waals surface area contributed by atoms with Gasteiger partial charge in [0.25, 0.3) is 0 Å². The van der Waals surface area contributed by atoms with Crippen LogP contribution in [0.2, 0.25) is 0 Å².